The summed E-state index contributed by atoms with van der Waals surface area (Å²) in [5.74, 6) is 0. The van der Waals surface area contributed by atoms with Crippen LogP contribution in [0.25, 0.3) is 0 Å². The van der Waals surface area contributed by atoms with E-state index < -0.39 is 0 Å². The molecule has 0 atom stereocenters. The third-order valence-electron chi connectivity index (χ3n) is 2.37. The third-order valence-corrected chi connectivity index (χ3v) is 2.37. The Bertz CT molecular complexity index is 254. The fourth-order valence-electron chi connectivity index (χ4n) is 1.41. The van der Waals surface area contributed by atoms with Crippen LogP contribution in [0.1, 0.15) is 25.0 Å². The van der Waals surface area contributed by atoms with Gasteiger partial charge in [-0.25, -0.2) is 0 Å². The Morgan fingerprint density at radius 2 is 1.38 bits per heavy atom. The number of hydrogen-bond acceptors (Lipinski definition) is 1. The molecule has 0 aromatic heterocycles. The van der Waals surface area contributed by atoms with Crippen molar-refractivity contribution in [1.29, 1.82) is 0 Å². The van der Waals surface area contributed by atoms with E-state index in [1.165, 1.54) is 16.8 Å². The first-order chi connectivity index (χ1) is 6.17. The summed E-state index contributed by atoms with van der Waals surface area (Å²) in [5.41, 5.74) is 4.18. The van der Waals surface area contributed by atoms with Crippen molar-refractivity contribution in [1.82, 2.24) is 0 Å². The van der Waals surface area contributed by atoms with Crippen molar-refractivity contribution in [2.45, 2.75) is 26.7 Å². The standard InChI is InChI=1S/C12H19N/c1-5-10-7-11(6-2)9-12(8-10)13(3)4/h7-9H,5-6H2,1-4H3. The molecule has 0 unspecified atom stereocenters. The second-order valence-corrected chi connectivity index (χ2v) is 3.61. The van der Waals surface area contributed by atoms with Crippen molar-refractivity contribution in [2.75, 3.05) is 19.0 Å². The highest BCUT2D eigenvalue weighted by Gasteiger charge is 1.99. The van der Waals surface area contributed by atoms with Crippen molar-refractivity contribution >= 4 is 5.69 Å². The summed E-state index contributed by atoms with van der Waals surface area (Å²) >= 11 is 0. The fraction of sp³-hybridized carbons (Fsp3) is 0.500. The van der Waals surface area contributed by atoms with E-state index in [1.54, 1.807) is 0 Å². The largest absolute Gasteiger partial charge is 0.378 e. The molecule has 1 heteroatoms. The van der Waals surface area contributed by atoms with Crippen LogP contribution in [0.3, 0.4) is 0 Å². The van der Waals surface area contributed by atoms with Gasteiger partial charge in [0.15, 0.2) is 0 Å². The van der Waals surface area contributed by atoms with Gasteiger partial charge >= 0.3 is 0 Å². The molecular formula is C12H19N. The predicted octanol–water partition coefficient (Wildman–Crippen LogP) is 2.88. The number of benzene rings is 1. The number of aryl methyl sites for hydroxylation is 2. The summed E-state index contributed by atoms with van der Waals surface area (Å²) in [5, 5.41) is 0. The van der Waals surface area contributed by atoms with Gasteiger partial charge in [0.2, 0.25) is 0 Å². The van der Waals surface area contributed by atoms with E-state index in [2.05, 4.69) is 51.0 Å². The molecule has 0 heterocycles. The fourth-order valence-corrected chi connectivity index (χ4v) is 1.41. The number of hydrogen-bond donors (Lipinski definition) is 0. The van der Waals surface area contributed by atoms with Crippen molar-refractivity contribution in [2.24, 2.45) is 0 Å². The van der Waals surface area contributed by atoms with Crippen LogP contribution < -0.4 is 4.90 Å². The Balaban J connectivity index is 3.07. The lowest BCUT2D eigenvalue weighted by Gasteiger charge is -2.15. The molecule has 0 radical (unpaired) electrons. The molecule has 1 aromatic carbocycles. The molecule has 0 aliphatic heterocycles. The van der Waals surface area contributed by atoms with Gasteiger partial charge < -0.3 is 4.90 Å². The van der Waals surface area contributed by atoms with Crippen molar-refractivity contribution in [3.05, 3.63) is 29.3 Å². The smallest absolute Gasteiger partial charge is 0.0366 e. The molecular weight excluding hydrogens is 158 g/mol. The van der Waals surface area contributed by atoms with Gasteiger partial charge in [0.25, 0.3) is 0 Å². The molecule has 13 heavy (non-hydrogen) atoms. The van der Waals surface area contributed by atoms with Crippen LogP contribution in [0.15, 0.2) is 18.2 Å². The minimum atomic E-state index is 1.12. The van der Waals surface area contributed by atoms with Crippen LogP contribution in [0.2, 0.25) is 0 Å². The molecule has 0 fully saturated rings. The molecule has 0 aliphatic rings. The van der Waals surface area contributed by atoms with Crippen LogP contribution in [-0.2, 0) is 12.8 Å². The summed E-state index contributed by atoms with van der Waals surface area (Å²) in [6.07, 6.45) is 2.24. The first kappa shape index (κ1) is 10.1. The maximum absolute atomic E-state index is 2.30. The maximum atomic E-state index is 2.30. The van der Waals surface area contributed by atoms with Crippen LogP contribution in [0, 0.1) is 0 Å². The van der Waals surface area contributed by atoms with Gasteiger partial charge in [0.05, 0.1) is 0 Å². The van der Waals surface area contributed by atoms with Crippen LogP contribution >= 0.6 is 0 Å². The number of nitrogens with zero attached hydrogens (tertiary/aromatic N) is 1. The molecule has 1 aromatic rings. The lowest BCUT2D eigenvalue weighted by Crippen LogP contribution is -2.09. The normalized spacial score (nSPS) is 10.2. The monoisotopic (exact) mass is 177 g/mol. The van der Waals surface area contributed by atoms with Gasteiger partial charge in [-0.1, -0.05) is 19.9 Å². The number of anilines is 1. The minimum Gasteiger partial charge on any atom is -0.378 e. The summed E-state index contributed by atoms with van der Waals surface area (Å²) in [6.45, 7) is 4.41. The van der Waals surface area contributed by atoms with Crippen molar-refractivity contribution < 1.29 is 0 Å². The predicted molar refractivity (Wildman–Crippen MR) is 59.5 cm³/mol. The molecule has 0 N–H and O–H groups in total. The zero-order valence-electron chi connectivity index (χ0n) is 9.09. The third kappa shape index (κ3) is 2.48. The Hall–Kier alpha value is -0.980. The van der Waals surface area contributed by atoms with Crippen LogP contribution in [0.5, 0.6) is 0 Å². The topological polar surface area (TPSA) is 3.24 Å². The molecule has 0 spiro atoms. The van der Waals surface area contributed by atoms with E-state index in [1.807, 2.05) is 0 Å². The lowest BCUT2D eigenvalue weighted by atomic mass is 10.1. The first-order valence-electron chi connectivity index (χ1n) is 4.97. The molecule has 0 saturated carbocycles. The van der Waals surface area contributed by atoms with E-state index in [-0.39, 0.29) is 0 Å². The zero-order valence-corrected chi connectivity index (χ0v) is 9.09. The Kier molecular flexibility index (Phi) is 3.35. The maximum Gasteiger partial charge on any atom is 0.0366 e. The lowest BCUT2D eigenvalue weighted by molar-refractivity contribution is 1.06. The van der Waals surface area contributed by atoms with Gasteiger partial charge in [0.1, 0.15) is 0 Å². The highest BCUT2D eigenvalue weighted by atomic mass is 15.1. The van der Waals surface area contributed by atoms with E-state index >= 15 is 0 Å². The van der Waals surface area contributed by atoms with Crippen LogP contribution in [-0.4, -0.2) is 14.1 Å². The molecule has 0 amide bonds. The average molecular weight is 177 g/mol. The zero-order chi connectivity index (χ0) is 9.84. The Morgan fingerprint density at radius 1 is 0.923 bits per heavy atom. The molecule has 0 bridgehead atoms. The van der Waals surface area contributed by atoms with E-state index in [0.29, 0.717) is 0 Å². The quantitative estimate of drug-likeness (QED) is 0.686. The van der Waals surface area contributed by atoms with Gasteiger partial charge in [-0.3, -0.25) is 0 Å². The first-order valence-corrected chi connectivity index (χ1v) is 4.97. The molecule has 0 saturated heterocycles. The van der Waals surface area contributed by atoms with Gasteiger partial charge in [-0.15, -0.1) is 0 Å². The average Bonchev–Trinajstić information content (AvgIpc) is 2.16. The molecule has 72 valence electrons. The second kappa shape index (κ2) is 4.31. The second-order valence-electron chi connectivity index (χ2n) is 3.61. The molecule has 1 rings (SSSR count). The van der Waals surface area contributed by atoms with Crippen LogP contribution in [0.4, 0.5) is 5.69 Å². The van der Waals surface area contributed by atoms with Gasteiger partial charge in [-0.2, -0.15) is 0 Å². The summed E-state index contributed by atoms with van der Waals surface area (Å²) in [4.78, 5) is 2.16. The SMILES string of the molecule is CCc1cc(CC)cc(N(C)C)c1. The van der Waals surface area contributed by atoms with E-state index in [0.717, 1.165) is 12.8 Å². The van der Waals surface area contributed by atoms with E-state index in [4.69, 9.17) is 0 Å². The number of rotatable bonds is 3. The molecule has 1 nitrogen and oxygen atoms in total. The summed E-state index contributed by atoms with van der Waals surface area (Å²) in [7, 11) is 4.18. The Labute approximate surface area is 81.4 Å². The van der Waals surface area contributed by atoms with Crippen molar-refractivity contribution in [3.63, 3.8) is 0 Å². The Morgan fingerprint density at radius 3 is 1.69 bits per heavy atom. The highest BCUT2D eigenvalue weighted by molar-refractivity contribution is 5.50. The summed E-state index contributed by atoms with van der Waals surface area (Å²) < 4.78 is 0. The van der Waals surface area contributed by atoms with Crippen molar-refractivity contribution in [3.8, 4) is 0 Å². The van der Waals surface area contributed by atoms with Gasteiger partial charge in [0, 0.05) is 19.8 Å². The summed E-state index contributed by atoms with van der Waals surface area (Å²) in [6, 6.07) is 6.82. The van der Waals surface area contributed by atoms with E-state index in [9.17, 15) is 0 Å². The van der Waals surface area contributed by atoms with Gasteiger partial charge in [-0.05, 0) is 36.1 Å². The highest BCUT2D eigenvalue weighted by Crippen LogP contribution is 2.18. The minimum absolute atomic E-state index is 1.12. The molecule has 0 aliphatic carbocycles.